The van der Waals surface area contributed by atoms with Crippen molar-refractivity contribution < 1.29 is 13.6 Å². The van der Waals surface area contributed by atoms with Gasteiger partial charge in [0.2, 0.25) is 5.91 Å². The number of carbonyl (C=O) groups is 1. The zero-order valence-electron chi connectivity index (χ0n) is 17.0. The number of alkyl halides is 2. The second-order valence-electron chi connectivity index (χ2n) is 8.25. The number of fused-ring (bicyclic) bond motifs is 3. The first-order valence-electron chi connectivity index (χ1n) is 10.1. The van der Waals surface area contributed by atoms with Crippen molar-refractivity contribution in [3.8, 4) is 0 Å². The van der Waals surface area contributed by atoms with Crippen molar-refractivity contribution >= 4 is 17.2 Å². The van der Waals surface area contributed by atoms with Crippen molar-refractivity contribution in [3.05, 3.63) is 58.8 Å². The molecule has 1 saturated heterocycles. The molecule has 30 heavy (non-hydrogen) atoms. The SMILES string of the molecule is Cc1c2c(c3nccn3c1C)CN(C(=O)CC1CN(c3ccnc(C(F)F)c3)C1)C2. The quantitative estimate of drug-likeness (QED) is 0.658. The Morgan fingerprint density at radius 3 is 2.70 bits per heavy atom. The molecule has 0 spiro atoms. The zero-order valence-corrected chi connectivity index (χ0v) is 17.0. The summed E-state index contributed by atoms with van der Waals surface area (Å²) in [5.41, 5.74) is 6.20. The van der Waals surface area contributed by atoms with Gasteiger partial charge in [-0.2, -0.15) is 0 Å². The monoisotopic (exact) mass is 411 g/mol. The molecular weight excluding hydrogens is 388 g/mol. The highest BCUT2D eigenvalue weighted by Crippen LogP contribution is 2.33. The van der Waals surface area contributed by atoms with Crippen molar-refractivity contribution in [2.24, 2.45) is 5.92 Å². The summed E-state index contributed by atoms with van der Waals surface area (Å²) in [6.07, 6.45) is 3.07. The maximum atomic E-state index is 12.9. The van der Waals surface area contributed by atoms with Crippen LogP contribution < -0.4 is 4.90 Å². The Morgan fingerprint density at radius 1 is 1.17 bits per heavy atom. The topological polar surface area (TPSA) is 53.7 Å². The summed E-state index contributed by atoms with van der Waals surface area (Å²) in [5.74, 6) is 0.374. The number of carbonyl (C=O) groups excluding carboxylic acids is 1. The standard InChI is InChI=1S/C22H23F2N5O/c1-13-14(2)29-6-5-26-22(29)18-12-28(11-17(13)18)20(30)7-15-9-27(10-15)16-3-4-25-19(8-16)21(23)24/h3-6,8,15,21H,7,9-12H2,1-2H3. The molecule has 0 bridgehead atoms. The Morgan fingerprint density at radius 2 is 1.93 bits per heavy atom. The van der Waals surface area contributed by atoms with Gasteiger partial charge in [0.15, 0.2) is 0 Å². The van der Waals surface area contributed by atoms with Crippen molar-refractivity contribution in [1.29, 1.82) is 0 Å². The third-order valence-electron chi connectivity index (χ3n) is 6.46. The molecule has 2 aliphatic rings. The minimum absolute atomic E-state index is 0.139. The molecule has 1 fully saturated rings. The van der Waals surface area contributed by atoms with E-state index in [1.165, 1.54) is 23.4 Å². The molecule has 0 aromatic carbocycles. The lowest BCUT2D eigenvalue weighted by Crippen LogP contribution is -2.48. The van der Waals surface area contributed by atoms with Crippen LogP contribution in [0.1, 0.15) is 40.9 Å². The van der Waals surface area contributed by atoms with Crippen molar-refractivity contribution in [3.63, 3.8) is 0 Å². The maximum Gasteiger partial charge on any atom is 0.280 e. The first-order valence-corrected chi connectivity index (χ1v) is 10.1. The summed E-state index contributed by atoms with van der Waals surface area (Å²) < 4.78 is 27.8. The molecule has 3 aromatic rings. The van der Waals surface area contributed by atoms with E-state index in [-0.39, 0.29) is 17.5 Å². The number of hydrogen-bond donors (Lipinski definition) is 0. The van der Waals surface area contributed by atoms with Crippen LogP contribution in [-0.2, 0) is 17.9 Å². The van der Waals surface area contributed by atoms with Crippen LogP contribution >= 0.6 is 0 Å². The van der Waals surface area contributed by atoms with E-state index < -0.39 is 6.43 Å². The smallest absolute Gasteiger partial charge is 0.280 e. The van der Waals surface area contributed by atoms with Crippen molar-refractivity contribution in [2.75, 3.05) is 18.0 Å². The first kappa shape index (κ1) is 19.0. The van der Waals surface area contributed by atoms with Gasteiger partial charge in [-0.3, -0.25) is 9.78 Å². The third kappa shape index (κ3) is 3.02. The van der Waals surface area contributed by atoms with E-state index >= 15 is 0 Å². The Labute approximate surface area is 173 Å². The van der Waals surface area contributed by atoms with Gasteiger partial charge < -0.3 is 14.2 Å². The lowest BCUT2D eigenvalue weighted by atomic mass is 9.95. The Bertz CT molecular complexity index is 1140. The molecule has 156 valence electrons. The minimum Gasteiger partial charge on any atom is -0.371 e. The fourth-order valence-electron chi connectivity index (χ4n) is 4.59. The number of aromatic nitrogens is 3. The highest BCUT2D eigenvalue weighted by Gasteiger charge is 2.34. The van der Waals surface area contributed by atoms with E-state index in [0.29, 0.717) is 32.6 Å². The molecule has 0 saturated carbocycles. The second-order valence-corrected chi connectivity index (χ2v) is 8.25. The fraction of sp³-hybridized carbons (Fsp3) is 0.409. The summed E-state index contributed by atoms with van der Waals surface area (Å²) in [7, 11) is 0. The van der Waals surface area contributed by atoms with Gasteiger partial charge in [0.1, 0.15) is 11.3 Å². The van der Waals surface area contributed by atoms with E-state index in [2.05, 4.69) is 28.2 Å². The van der Waals surface area contributed by atoms with Crippen molar-refractivity contribution in [1.82, 2.24) is 19.3 Å². The number of anilines is 1. The van der Waals surface area contributed by atoms with E-state index in [1.807, 2.05) is 16.0 Å². The molecule has 2 aliphatic heterocycles. The molecule has 8 heteroatoms. The lowest BCUT2D eigenvalue weighted by molar-refractivity contribution is -0.133. The van der Waals surface area contributed by atoms with Gasteiger partial charge in [-0.1, -0.05) is 0 Å². The number of nitrogens with zero attached hydrogens (tertiary/aromatic N) is 5. The second kappa shape index (κ2) is 7.04. The fourth-order valence-corrected chi connectivity index (χ4v) is 4.59. The number of hydrogen-bond acceptors (Lipinski definition) is 4. The molecule has 5 rings (SSSR count). The molecular formula is C22H23F2N5O. The van der Waals surface area contributed by atoms with Gasteiger partial charge in [-0.05, 0) is 37.1 Å². The number of aryl methyl sites for hydroxylation is 1. The molecule has 5 heterocycles. The Kier molecular flexibility index (Phi) is 4.45. The van der Waals surface area contributed by atoms with Crippen LogP contribution in [0.15, 0.2) is 30.7 Å². The van der Waals surface area contributed by atoms with Gasteiger partial charge in [-0.15, -0.1) is 0 Å². The summed E-state index contributed by atoms with van der Waals surface area (Å²) >= 11 is 0. The van der Waals surface area contributed by atoms with E-state index in [4.69, 9.17) is 0 Å². The number of imidazole rings is 1. The molecule has 0 unspecified atom stereocenters. The predicted molar refractivity (Wildman–Crippen MR) is 108 cm³/mol. The van der Waals surface area contributed by atoms with Crippen LogP contribution in [-0.4, -0.2) is 38.3 Å². The van der Waals surface area contributed by atoms with Crippen LogP contribution in [0, 0.1) is 19.8 Å². The maximum absolute atomic E-state index is 12.9. The van der Waals surface area contributed by atoms with Crippen LogP contribution in [0.5, 0.6) is 0 Å². The number of amides is 1. The average Bonchev–Trinajstić information content (AvgIpc) is 3.35. The van der Waals surface area contributed by atoms with Gasteiger partial charge in [0, 0.05) is 67.5 Å². The molecule has 1 amide bonds. The molecule has 0 N–H and O–H groups in total. The highest BCUT2D eigenvalue weighted by molar-refractivity contribution is 5.78. The molecule has 0 radical (unpaired) electrons. The number of pyridine rings is 2. The molecule has 3 aromatic heterocycles. The summed E-state index contributed by atoms with van der Waals surface area (Å²) in [6, 6.07) is 3.17. The minimum atomic E-state index is -2.57. The Balaban J connectivity index is 1.23. The Hall–Kier alpha value is -3.03. The third-order valence-corrected chi connectivity index (χ3v) is 6.46. The summed E-state index contributed by atoms with van der Waals surface area (Å²) in [6.45, 7) is 6.80. The van der Waals surface area contributed by atoms with E-state index in [9.17, 15) is 13.6 Å². The van der Waals surface area contributed by atoms with Crippen molar-refractivity contribution in [2.45, 2.75) is 39.8 Å². The van der Waals surface area contributed by atoms with Gasteiger partial charge in [0.25, 0.3) is 6.43 Å². The van der Waals surface area contributed by atoms with Gasteiger partial charge >= 0.3 is 0 Å². The lowest BCUT2D eigenvalue weighted by Gasteiger charge is -2.41. The highest BCUT2D eigenvalue weighted by atomic mass is 19.3. The molecule has 0 atom stereocenters. The molecule has 6 nitrogen and oxygen atoms in total. The van der Waals surface area contributed by atoms with E-state index in [1.54, 1.807) is 12.3 Å². The average molecular weight is 411 g/mol. The van der Waals surface area contributed by atoms with Crippen LogP contribution in [0.4, 0.5) is 14.5 Å². The normalized spacial score (nSPS) is 16.4. The molecule has 0 aliphatic carbocycles. The number of rotatable bonds is 4. The predicted octanol–water partition coefficient (Wildman–Crippen LogP) is 3.65. The summed E-state index contributed by atoms with van der Waals surface area (Å²) in [5, 5.41) is 0. The van der Waals surface area contributed by atoms with Gasteiger partial charge in [0.05, 0.1) is 6.54 Å². The van der Waals surface area contributed by atoms with Crippen LogP contribution in [0.25, 0.3) is 5.65 Å². The first-order chi connectivity index (χ1) is 14.4. The van der Waals surface area contributed by atoms with Crippen LogP contribution in [0.2, 0.25) is 0 Å². The summed E-state index contributed by atoms with van der Waals surface area (Å²) in [4.78, 5) is 25.1. The number of halogens is 2. The van der Waals surface area contributed by atoms with Gasteiger partial charge in [-0.25, -0.2) is 13.8 Å². The zero-order chi connectivity index (χ0) is 21.0. The van der Waals surface area contributed by atoms with Crippen LogP contribution in [0.3, 0.4) is 0 Å². The largest absolute Gasteiger partial charge is 0.371 e. The van der Waals surface area contributed by atoms with E-state index in [0.717, 1.165) is 22.6 Å².